The van der Waals surface area contributed by atoms with Crippen molar-refractivity contribution in [1.29, 1.82) is 0 Å². The minimum atomic E-state index is -0.436. The molecule has 1 atom stereocenters. The SMILES string of the molecule is OC(Cc1ccncc1)c1ccccc1. The molecular formula is C13H13NO. The van der Waals surface area contributed by atoms with Crippen LogP contribution in [-0.4, -0.2) is 10.1 Å². The lowest BCUT2D eigenvalue weighted by Crippen LogP contribution is -2.01. The van der Waals surface area contributed by atoms with Crippen LogP contribution in [0, 0.1) is 0 Å². The van der Waals surface area contributed by atoms with Gasteiger partial charge in [-0.05, 0) is 23.3 Å². The fourth-order valence-electron chi connectivity index (χ4n) is 1.54. The highest BCUT2D eigenvalue weighted by atomic mass is 16.3. The van der Waals surface area contributed by atoms with E-state index in [9.17, 15) is 5.11 Å². The lowest BCUT2D eigenvalue weighted by Gasteiger charge is -2.10. The monoisotopic (exact) mass is 199 g/mol. The number of rotatable bonds is 3. The number of hydrogen-bond acceptors (Lipinski definition) is 2. The van der Waals surface area contributed by atoms with Gasteiger partial charge in [-0.15, -0.1) is 0 Å². The number of aliphatic hydroxyl groups is 1. The fourth-order valence-corrected chi connectivity index (χ4v) is 1.54. The first-order valence-corrected chi connectivity index (χ1v) is 4.98. The van der Waals surface area contributed by atoms with Crippen molar-refractivity contribution in [2.24, 2.45) is 0 Å². The third-order valence-electron chi connectivity index (χ3n) is 2.36. The molecule has 2 aromatic rings. The van der Waals surface area contributed by atoms with E-state index in [4.69, 9.17) is 0 Å². The van der Waals surface area contributed by atoms with Gasteiger partial charge < -0.3 is 5.11 Å². The molecule has 0 fully saturated rings. The first-order chi connectivity index (χ1) is 7.36. The maximum Gasteiger partial charge on any atom is 0.0830 e. The lowest BCUT2D eigenvalue weighted by atomic mass is 10.0. The van der Waals surface area contributed by atoms with Gasteiger partial charge in [0.25, 0.3) is 0 Å². The molecule has 2 nitrogen and oxygen atoms in total. The molecule has 1 aromatic carbocycles. The molecule has 0 aliphatic carbocycles. The van der Waals surface area contributed by atoms with Crippen molar-refractivity contribution in [3.05, 3.63) is 66.0 Å². The van der Waals surface area contributed by atoms with E-state index in [2.05, 4.69) is 4.98 Å². The molecule has 0 radical (unpaired) electrons. The van der Waals surface area contributed by atoms with Crippen molar-refractivity contribution in [3.63, 3.8) is 0 Å². The molecule has 76 valence electrons. The molecule has 0 bridgehead atoms. The van der Waals surface area contributed by atoms with Crippen LogP contribution in [0.25, 0.3) is 0 Å². The van der Waals surface area contributed by atoms with Gasteiger partial charge in [0.15, 0.2) is 0 Å². The highest BCUT2D eigenvalue weighted by molar-refractivity contribution is 5.20. The van der Waals surface area contributed by atoms with E-state index in [1.54, 1.807) is 12.4 Å². The molecule has 0 spiro atoms. The van der Waals surface area contributed by atoms with E-state index in [1.807, 2.05) is 42.5 Å². The van der Waals surface area contributed by atoms with Crippen LogP contribution in [0.3, 0.4) is 0 Å². The number of nitrogens with zero attached hydrogens (tertiary/aromatic N) is 1. The van der Waals surface area contributed by atoms with Crippen molar-refractivity contribution in [2.45, 2.75) is 12.5 Å². The van der Waals surface area contributed by atoms with Crippen LogP contribution in [0.4, 0.5) is 0 Å². The van der Waals surface area contributed by atoms with Gasteiger partial charge in [-0.3, -0.25) is 4.98 Å². The fraction of sp³-hybridized carbons (Fsp3) is 0.154. The minimum Gasteiger partial charge on any atom is -0.388 e. The Labute approximate surface area is 89.2 Å². The summed E-state index contributed by atoms with van der Waals surface area (Å²) in [5, 5.41) is 9.95. The molecule has 0 saturated carbocycles. The summed E-state index contributed by atoms with van der Waals surface area (Å²) >= 11 is 0. The third-order valence-corrected chi connectivity index (χ3v) is 2.36. The van der Waals surface area contributed by atoms with Gasteiger partial charge in [0.05, 0.1) is 6.10 Å². The van der Waals surface area contributed by atoms with Gasteiger partial charge >= 0.3 is 0 Å². The van der Waals surface area contributed by atoms with Crippen molar-refractivity contribution >= 4 is 0 Å². The van der Waals surface area contributed by atoms with Crippen LogP contribution in [0.1, 0.15) is 17.2 Å². The number of benzene rings is 1. The molecule has 0 aliphatic heterocycles. The van der Waals surface area contributed by atoms with E-state index in [0.717, 1.165) is 11.1 Å². The second kappa shape index (κ2) is 4.71. The summed E-state index contributed by atoms with van der Waals surface area (Å²) < 4.78 is 0. The lowest BCUT2D eigenvalue weighted by molar-refractivity contribution is 0.178. The van der Waals surface area contributed by atoms with E-state index in [-0.39, 0.29) is 0 Å². The summed E-state index contributed by atoms with van der Waals surface area (Å²) in [6, 6.07) is 13.5. The first-order valence-electron chi connectivity index (χ1n) is 4.98. The quantitative estimate of drug-likeness (QED) is 0.823. The number of pyridine rings is 1. The van der Waals surface area contributed by atoms with Gasteiger partial charge in [0.1, 0.15) is 0 Å². The summed E-state index contributed by atoms with van der Waals surface area (Å²) in [4.78, 5) is 3.94. The standard InChI is InChI=1S/C13H13NO/c15-13(12-4-2-1-3-5-12)10-11-6-8-14-9-7-11/h1-9,13,15H,10H2. The molecule has 2 heteroatoms. The third kappa shape index (κ3) is 2.64. The van der Waals surface area contributed by atoms with E-state index < -0.39 is 6.10 Å². The molecule has 0 aliphatic rings. The van der Waals surface area contributed by atoms with Crippen LogP contribution in [0.2, 0.25) is 0 Å². The molecule has 1 unspecified atom stereocenters. The second-order valence-electron chi connectivity index (χ2n) is 3.49. The summed E-state index contributed by atoms with van der Waals surface area (Å²) in [7, 11) is 0. The smallest absolute Gasteiger partial charge is 0.0830 e. The van der Waals surface area contributed by atoms with Gasteiger partial charge in [-0.25, -0.2) is 0 Å². The summed E-state index contributed by atoms with van der Waals surface area (Å²) in [6.07, 6.45) is 3.68. The summed E-state index contributed by atoms with van der Waals surface area (Å²) in [5.41, 5.74) is 2.05. The predicted octanol–water partition coefficient (Wildman–Crippen LogP) is 2.36. The molecule has 2 rings (SSSR count). The van der Waals surface area contributed by atoms with E-state index in [1.165, 1.54) is 0 Å². The van der Waals surface area contributed by atoms with Crippen molar-refractivity contribution in [2.75, 3.05) is 0 Å². The number of aromatic nitrogens is 1. The van der Waals surface area contributed by atoms with Crippen molar-refractivity contribution < 1.29 is 5.11 Å². The highest BCUT2D eigenvalue weighted by Crippen LogP contribution is 2.16. The topological polar surface area (TPSA) is 33.1 Å². The van der Waals surface area contributed by atoms with Crippen LogP contribution in [-0.2, 0) is 6.42 Å². The van der Waals surface area contributed by atoms with Crippen LogP contribution >= 0.6 is 0 Å². The Kier molecular flexibility index (Phi) is 3.10. The predicted molar refractivity (Wildman–Crippen MR) is 59.3 cm³/mol. The van der Waals surface area contributed by atoms with Gasteiger partial charge in [-0.1, -0.05) is 30.3 Å². The Morgan fingerprint density at radius 3 is 2.33 bits per heavy atom. The minimum absolute atomic E-state index is 0.436. The Morgan fingerprint density at radius 2 is 1.67 bits per heavy atom. The Morgan fingerprint density at radius 1 is 1.00 bits per heavy atom. The Hall–Kier alpha value is -1.67. The normalized spacial score (nSPS) is 12.3. The maximum atomic E-state index is 9.95. The zero-order chi connectivity index (χ0) is 10.5. The molecule has 15 heavy (non-hydrogen) atoms. The highest BCUT2D eigenvalue weighted by Gasteiger charge is 2.06. The number of hydrogen-bond donors (Lipinski definition) is 1. The molecule has 0 saturated heterocycles. The average molecular weight is 199 g/mol. The van der Waals surface area contributed by atoms with E-state index >= 15 is 0 Å². The first kappa shape index (κ1) is 9.87. The van der Waals surface area contributed by atoms with Crippen LogP contribution in [0.5, 0.6) is 0 Å². The molecule has 1 aromatic heterocycles. The second-order valence-corrected chi connectivity index (χ2v) is 3.49. The van der Waals surface area contributed by atoms with Gasteiger partial charge in [-0.2, -0.15) is 0 Å². The number of aliphatic hydroxyl groups excluding tert-OH is 1. The van der Waals surface area contributed by atoms with Crippen molar-refractivity contribution in [3.8, 4) is 0 Å². The summed E-state index contributed by atoms with van der Waals surface area (Å²) in [6.45, 7) is 0. The maximum absolute atomic E-state index is 9.95. The zero-order valence-electron chi connectivity index (χ0n) is 8.38. The Balaban J connectivity index is 2.08. The molecule has 0 amide bonds. The van der Waals surface area contributed by atoms with Crippen LogP contribution < -0.4 is 0 Å². The molecule has 1 N–H and O–H groups in total. The van der Waals surface area contributed by atoms with Crippen molar-refractivity contribution in [1.82, 2.24) is 4.98 Å². The Bertz CT molecular complexity index is 399. The van der Waals surface area contributed by atoms with E-state index in [0.29, 0.717) is 6.42 Å². The van der Waals surface area contributed by atoms with Gasteiger partial charge in [0.2, 0.25) is 0 Å². The largest absolute Gasteiger partial charge is 0.388 e. The van der Waals surface area contributed by atoms with Gasteiger partial charge in [0, 0.05) is 18.8 Å². The summed E-state index contributed by atoms with van der Waals surface area (Å²) in [5.74, 6) is 0. The average Bonchev–Trinajstić information content (AvgIpc) is 2.31. The molecule has 1 heterocycles. The zero-order valence-corrected chi connectivity index (χ0v) is 8.38. The van der Waals surface area contributed by atoms with Crippen LogP contribution in [0.15, 0.2) is 54.9 Å². The molecular weight excluding hydrogens is 186 g/mol.